The summed E-state index contributed by atoms with van der Waals surface area (Å²) in [4.78, 5) is 4.19. The first-order valence-corrected chi connectivity index (χ1v) is 6.55. The van der Waals surface area contributed by atoms with E-state index in [0.717, 1.165) is 34.8 Å². The summed E-state index contributed by atoms with van der Waals surface area (Å²) >= 11 is 3.52. The molecule has 0 aliphatic heterocycles. The molecule has 96 valence electrons. The fourth-order valence-electron chi connectivity index (χ4n) is 1.72. The highest BCUT2D eigenvalue weighted by Crippen LogP contribution is 2.26. The molecule has 0 saturated heterocycles. The third-order valence-corrected chi connectivity index (χ3v) is 3.46. The van der Waals surface area contributed by atoms with Gasteiger partial charge in [-0.05, 0) is 35.0 Å². The molecule has 0 bridgehead atoms. The first-order valence-electron chi connectivity index (χ1n) is 5.76. The summed E-state index contributed by atoms with van der Waals surface area (Å²) in [5.41, 5.74) is 1.03. The summed E-state index contributed by atoms with van der Waals surface area (Å²) in [6, 6.07) is 5.88. The summed E-state index contributed by atoms with van der Waals surface area (Å²) in [5.74, 6) is 1.88. The Morgan fingerprint density at radius 2 is 2.28 bits per heavy atom. The minimum Gasteiger partial charge on any atom is -0.497 e. The molecule has 0 spiro atoms. The van der Waals surface area contributed by atoms with Crippen molar-refractivity contribution in [3.05, 3.63) is 40.9 Å². The van der Waals surface area contributed by atoms with Gasteiger partial charge in [0, 0.05) is 36.0 Å². The number of hydrogen-bond acceptors (Lipinski definition) is 3. The average Bonchev–Trinajstić information content (AvgIpc) is 2.77. The Labute approximate surface area is 115 Å². The molecule has 1 heterocycles. The Morgan fingerprint density at radius 1 is 1.44 bits per heavy atom. The second-order valence-corrected chi connectivity index (χ2v) is 4.79. The Bertz CT molecular complexity index is 525. The van der Waals surface area contributed by atoms with Crippen molar-refractivity contribution in [3.63, 3.8) is 0 Å². The smallest absolute Gasteiger partial charge is 0.121 e. The van der Waals surface area contributed by atoms with Crippen LogP contribution in [0.25, 0.3) is 0 Å². The van der Waals surface area contributed by atoms with Crippen LogP contribution < -0.4 is 10.1 Å². The second-order valence-electron chi connectivity index (χ2n) is 3.94. The van der Waals surface area contributed by atoms with Gasteiger partial charge in [0.05, 0.1) is 12.8 Å². The Kier molecular flexibility index (Phi) is 4.25. The molecule has 4 nitrogen and oxygen atoms in total. The van der Waals surface area contributed by atoms with Crippen LogP contribution in [-0.2, 0) is 6.54 Å². The summed E-state index contributed by atoms with van der Waals surface area (Å²) < 4.78 is 8.35. The predicted octanol–water partition coefficient (Wildman–Crippen LogP) is 3.07. The highest BCUT2D eigenvalue weighted by atomic mass is 79.9. The maximum atomic E-state index is 5.21. The fourth-order valence-corrected chi connectivity index (χ4v) is 2.10. The molecule has 1 aromatic carbocycles. The second kappa shape index (κ2) is 5.91. The third kappa shape index (κ3) is 3.04. The van der Waals surface area contributed by atoms with Gasteiger partial charge in [0.25, 0.3) is 0 Å². The van der Waals surface area contributed by atoms with Crippen molar-refractivity contribution in [2.24, 2.45) is 0 Å². The average molecular weight is 310 g/mol. The van der Waals surface area contributed by atoms with Crippen molar-refractivity contribution < 1.29 is 4.74 Å². The lowest BCUT2D eigenvalue weighted by Gasteiger charge is -2.11. The number of rotatable bonds is 5. The first kappa shape index (κ1) is 13.0. The molecule has 0 fully saturated rings. The highest BCUT2D eigenvalue weighted by molar-refractivity contribution is 9.10. The summed E-state index contributed by atoms with van der Waals surface area (Å²) in [6.45, 7) is 3.72. The van der Waals surface area contributed by atoms with E-state index in [9.17, 15) is 0 Å². The van der Waals surface area contributed by atoms with Gasteiger partial charge >= 0.3 is 0 Å². The number of methoxy groups -OCH3 is 1. The van der Waals surface area contributed by atoms with Crippen LogP contribution in [0.5, 0.6) is 5.75 Å². The Balaban J connectivity index is 1.96. The predicted molar refractivity (Wildman–Crippen MR) is 76.1 cm³/mol. The molecule has 2 rings (SSSR count). The lowest BCUT2D eigenvalue weighted by Crippen LogP contribution is -2.11. The molecule has 0 amide bonds. The van der Waals surface area contributed by atoms with Gasteiger partial charge < -0.3 is 14.6 Å². The molecule has 0 aliphatic carbocycles. The van der Waals surface area contributed by atoms with Crippen LogP contribution in [0.15, 0.2) is 35.1 Å². The van der Waals surface area contributed by atoms with E-state index in [1.165, 1.54) is 0 Å². The number of anilines is 1. The molecule has 5 heteroatoms. The van der Waals surface area contributed by atoms with Crippen LogP contribution in [0.1, 0.15) is 5.82 Å². The number of halogens is 1. The van der Waals surface area contributed by atoms with Crippen molar-refractivity contribution in [2.75, 3.05) is 19.0 Å². The monoisotopic (exact) mass is 309 g/mol. The van der Waals surface area contributed by atoms with Gasteiger partial charge in [0.15, 0.2) is 0 Å². The maximum absolute atomic E-state index is 5.21. The van der Waals surface area contributed by atoms with Gasteiger partial charge in [-0.25, -0.2) is 4.98 Å². The van der Waals surface area contributed by atoms with Crippen LogP contribution in [-0.4, -0.2) is 23.2 Å². The molecule has 0 atom stereocenters. The number of hydrogen-bond donors (Lipinski definition) is 1. The van der Waals surface area contributed by atoms with Gasteiger partial charge in [-0.1, -0.05) is 0 Å². The zero-order valence-electron chi connectivity index (χ0n) is 10.5. The molecule has 1 aromatic heterocycles. The normalized spacial score (nSPS) is 10.4. The quantitative estimate of drug-likeness (QED) is 0.922. The van der Waals surface area contributed by atoms with Gasteiger partial charge in [-0.15, -0.1) is 0 Å². The van der Waals surface area contributed by atoms with Crippen molar-refractivity contribution in [2.45, 2.75) is 13.5 Å². The zero-order valence-corrected chi connectivity index (χ0v) is 12.1. The lowest BCUT2D eigenvalue weighted by molar-refractivity contribution is 0.415. The van der Waals surface area contributed by atoms with E-state index in [-0.39, 0.29) is 0 Å². The number of nitrogens with one attached hydrogen (secondary N) is 1. The molecule has 0 unspecified atom stereocenters. The highest BCUT2D eigenvalue weighted by Gasteiger charge is 2.02. The molecule has 1 N–H and O–H groups in total. The summed E-state index contributed by atoms with van der Waals surface area (Å²) in [7, 11) is 1.67. The van der Waals surface area contributed by atoms with E-state index in [0.29, 0.717) is 0 Å². The SMILES string of the molecule is COc1ccc(Br)c(NCCn2ccnc2C)c1. The summed E-state index contributed by atoms with van der Waals surface area (Å²) in [6.07, 6.45) is 3.80. The molecular weight excluding hydrogens is 294 g/mol. The number of ether oxygens (including phenoxy) is 1. The number of imidazole rings is 1. The van der Waals surface area contributed by atoms with Crippen LogP contribution >= 0.6 is 15.9 Å². The number of aromatic nitrogens is 2. The van der Waals surface area contributed by atoms with Gasteiger partial charge in [0.1, 0.15) is 11.6 Å². The Morgan fingerprint density at radius 3 is 2.94 bits per heavy atom. The molecular formula is C13H16BrN3O. The lowest BCUT2D eigenvalue weighted by atomic mass is 10.3. The molecule has 0 aliphatic rings. The topological polar surface area (TPSA) is 39.1 Å². The molecule has 2 aromatic rings. The van der Waals surface area contributed by atoms with Gasteiger partial charge in [-0.3, -0.25) is 0 Å². The van der Waals surface area contributed by atoms with Crippen molar-refractivity contribution in [3.8, 4) is 5.75 Å². The first-order chi connectivity index (χ1) is 8.70. The largest absolute Gasteiger partial charge is 0.497 e. The maximum Gasteiger partial charge on any atom is 0.121 e. The van der Waals surface area contributed by atoms with E-state index < -0.39 is 0 Å². The van der Waals surface area contributed by atoms with Crippen LogP contribution in [0.3, 0.4) is 0 Å². The molecule has 0 radical (unpaired) electrons. The van der Waals surface area contributed by atoms with E-state index >= 15 is 0 Å². The minimum absolute atomic E-state index is 0.836. The fraction of sp³-hybridized carbons (Fsp3) is 0.308. The van der Waals surface area contributed by atoms with Gasteiger partial charge in [-0.2, -0.15) is 0 Å². The van der Waals surface area contributed by atoms with Gasteiger partial charge in [0.2, 0.25) is 0 Å². The minimum atomic E-state index is 0.836. The standard InChI is InChI=1S/C13H16BrN3O/c1-10-15-5-7-17(10)8-6-16-13-9-11(18-2)3-4-12(13)14/h3-5,7,9,16H,6,8H2,1-2H3. The van der Waals surface area contributed by atoms with Crippen molar-refractivity contribution in [1.82, 2.24) is 9.55 Å². The van der Waals surface area contributed by atoms with E-state index in [1.807, 2.05) is 37.5 Å². The van der Waals surface area contributed by atoms with E-state index in [1.54, 1.807) is 7.11 Å². The van der Waals surface area contributed by atoms with E-state index in [4.69, 9.17) is 4.74 Å². The van der Waals surface area contributed by atoms with Crippen LogP contribution in [0.4, 0.5) is 5.69 Å². The zero-order chi connectivity index (χ0) is 13.0. The number of nitrogens with zero attached hydrogens (tertiary/aromatic N) is 2. The van der Waals surface area contributed by atoms with Crippen LogP contribution in [0, 0.1) is 6.92 Å². The summed E-state index contributed by atoms with van der Waals surface area (Å²) in [5, 5.41) is 3.38. The van der Waals surface area contributed by atoms with E-state index in [2.05, 4.69) is 30.8 Å². The van der Waals surface area contributed by atoms with Crippen LogP contribution in [0.2, 0.25) is 0 Å². The molecule has 18 heavy (non-hydrogen) atoms. The van der Waals surface area contributed by atoms with Crippen molar-refractivity contribution in [1.29, 1.82) is 0 Å². The number of benzene rings is 1. The number of aryl methyl sites for hydroxylation is 1. The molecule has 0 saturated carbocycles. The third-order valence-electron chi connectivity index (χ3n) is 2.77. The van der Waals surface area contributed by atoms with Crippen molar-refractivity contribution >= 4 is 21.6 Å². The Hall–Kier alpha value is -1.49.